The maximum absolute atomic E-state index is 2.50. The highest BCUT2D eigenvalue weighted by molar-refractivity contribution is 6.88. The number of hydrogen-bond acceptors (Lipinski definition) is 1. The van der Waals surface area contributed by atoms with Crippen LogP contribution in [-0.4, -0.2) is 8.07 Å². The summed E-state index contributed by atoms with van der Waals surface area (Å²) >= 11 is 0. The quantitative estimate of drug-likeness (QED) is 0.148. The molecule has 0 saturated carbocycles. The Labute approximate surface area is 258 Å². The van der Waals surface area contributed by atoms with E-state index in [9.17, 15) is 0 Å². The first-order chi connectivity index (χ1) is 21.3. The Kier molecular flexibility index (Phi) is 5.25. The number of aryl methyl sites for hydroxylation is 1. The molecule has 0 aliphatic rings. The molecule has 0 heterocycles. The third-order valence-corrected chi connectivity index (χ3v) is 11.6. The fraction of sp³-hybridized carbons (Fsp3) is 0.0952. The second-order valence-electron chi connectivity index (χ2n) is 13.6. The lowest BCUT2D eigenvalue weighted by atomic mass is 9.92. The van der Waals surface area contributed by atoms with Crippen molar-refractivity contribution < 1.29 is 0 Å². The van der Waals surface area contributed by atoms with Gasteiger partial charge in [-0.25, -0.2) is 0 Å². The molecular formula is C42H33NSi. The summed E-state index contributed by atoms with van der Waals surface area (Å²) < 4.78 is 0. The van der Waals surface area contributed by atoms with Crippen molar-refractivity contribution in [1.82, 2.24) is 0 Å². The summed E-state index contributed by atoms with van der Waals surface area (Å²) in [5.41, 5.74) is 4.91. The molecule has 0 amide bonds. The van der Waals surface area contributed by atoms with Gasteiger partial charge in [0.2, 0.25) is 0 Å². The van der Waals surface area contributed by atoms with Gasteiger partial charge in [-0.2, -0.15) is 0 Å². The van der Waals surface area contributed by atoms with Crippen molar-refractivity contribution in [3.63, 3.8) is 0 Å². The van der Waals surface area contributed by atoms with Crippen LogP contribution in [0.25, 0.3) is 64.6 Å². The van der Waals surface area contributed by atoms with E-state index in [1.165, 1.54) is 92.4 Å². The van der Waals surface area contributed by atoms with Gasteiger partial charge in [-0.15, -0.1) is 0 Å². The van der Waals surface area contributed by atoms with Gasteiger partial charge in [0.15, 0.2) is 0 Å². The largest absolute Gasteiger partial charge is 0.310 e. The maximum atomic E-state index is 2.50. The van der Waals surface area contributed by atoms with Crippen molar-refractivity contribution in [2.45, 2.75) is 26.6 Å². The Morgan fingerprint density at radius 1 is 0.386 bits per heavy atom. The molecule has 0 aliphatic heterocycles. The van der Waals surface area contributed by atoms with Crippen LogP contribution in [0.1, 0.15) is 5.56 Å². The highest BCUT2D eigenvalue weighted by Gasteiger charge is 2.22. The lowest BCUT2D eigenvalue weighted by molar-refractivity contribution is 1.29. The molecule has 0 aliphatic carbocycles. The van der Waals surface area contributed by atoms with Gasteiger partial charge in [0, 0.05) is 17.1 Å². The van der Waals surface area contributed by atoms with E-state index in [4.69, 9.17) is 0 Å². The van der Waals surface area contributed by atoms with Crippen molar-refractivity contribution in [3.8, 4) is 0 Å². The third-order valence-electron chi connectivity index (χ3n) is 9.60. The van der Waals surface area contributed by atoms with Crippen LogP contribution in [0.4, 0.5) is 17.1 Å². The van der Waals surface area contributed by atoms with Crippen LogP contribution in [0.15, 0.2) is 127 Å². The lowest BCUT2D eigenvalue weighted by Gasteiger charge is -2.29. The van der Waals surface area contributed by atoms with Crippen LogP contribution in [0.5, 0.6) is 0 Å². The van der Waals surface area contributed by atoms with Crippen molar-refractivity contribution in [3.05, 3.63) is 133 Å². The van der Waals surface area contributed by atoms with Gasteiger partial charge < -0.3 is 4.90 Å². The third kappa shape index (κ3) is 3.77. The smallest absolute Gasteiger partial charge is 0.0777 e. The molecule has 0 radical (unpaired) electrons. The summed E-state index contributed by atoms with van der Waals surface area (Å²) in [6.07, 6.45) is 0. The minimum atomic E-state index is -1.56. The van der Waals surface area contributed by atoms with Crippen LogP contribution in [0.3, 0.4) is 0 Å². The summed E-state index contributed by atoms with van der Waals surface area (Å²) in [5, 5.41) is 17.2. The van der Waals surface area contributed by atoms with E-state index in [0.717, 1.165) is 0 Å². The molecule has 210 valence electrons. The topological polar surface area (TPSA) is 3.24 Å². The molecule has 0 atom stereocenters. The zero-order chi connectivity index (χ0) is 29.7. The Hall–Kier alpha value is -4.92. The fourth-order valence-electron chi connectivity index (χ4n) is 7.50. The Morgan fingerprint density at radius 3 is 1.11 bits per heavy atom. The highest BCUT2D eigenvalue weighted by atomic mass is 28.3. The van der Waals surface area contributed by atoms with Gasteiger partial charge in [-0.3, -0.25) is 0 Å². The first-order valence-electron chi connectivity index (χ1n) is 15.6. The molecule has 0 N–H and O–H groups in total. The van der Waals surface area contributed by atoms with Crippen molar-refractivity contribution in [2.24, 2.45) is 0 Å². The molecule has 0 unspecified atom stereocenters. The summed E-state index contributed by atoms with van der Waals surface area (Å²) in [5.74, 6) is 0. The second-order valence-corrected chi connectivity index (χ2v) is 18.7. The first-order valence-corrected chi connectivity index (χ1v) is 19.1. The predicted molar refractivity (Wildman–Crippen MR) is 196 cm³/mol. The monoisotopic (exact) mass is 579 g/mol. The molecule has 9 rings (SSSR count). The second kappa shape index (κ2) is 9.04. The molecular weight excluding hydrogens is 547 g/mol. The van der Waals surface area contributed by atoms with E-state index in [1.54, 1.807) is 0 Å². The van der Waals surface area contributed by atoms with Crippen LogP contribution < -0.4 is 10.1 Å². The molecule has 9 aromatic rings. The van der Waals surface area contributed by atoms with Crippen LogP contribution >= 0.6 is 0 Å². The zero-order valence-corrected chi connectivity index (χ0v) is 26.6. The molecule has 44 heavy (non-hydrogen) atoms. The van der Waals surface area contributed by atoms with Crippen LogP contribution in [0, 0.1) is 6.92 Å². The molecule has 0 aromatic heterocycles. The molecule has 2 heteroatoms. The van der Waals surface area contributed by atoms with Gasteiger partial charge in [0.25, 0.3) is 0 Å². The molecule has 0 spiro atoms. The minimum absolute atomic E-state index is 1.19. The average molecular weight is 580 g/mol. The fourth-order valence-corrected chi connectivity index (χ4v) is 8.75. The summed E-state index contributed by atoms with van der Waals surface area (Å²) in [6, 6.07) is 48.4. The van der Waals surface area contributed by atoms with Crippen LogP contribution in [-0.2, 0) is 0 Å². The summed E-state index contributed by atoms with van der Waals surface area (Å²) in [7, 11) is -1.56. The number of hydrogen-bond donors (Lipinski definition) is 0. The number of benzene rings is 9. The zero-order valence-electron chi connectivity index (χ0n) is 25.6. The average Bonchev–Trinajstić information content (AvgIpc) is 3.02. The van der Waals surface area contributed by atoms with E-state index < -0.39 is 8.07 Å². The SMILES string of the molecule is Cc1cc(N(c2cc3ccc4cccc5ccc(c2)c3c45)c2cc3ccc4cccc5ccc(c2)c3c45)cc([Si](C)(C)C)c1. The van der Waals surface area contributed by atoms with Gasteiger partial charge >= 0.3 is 0 Å². The normalized spacial score (nSPS) is 12.5. The summed E-state index contributed by atoms with van der Waals surface area (Å²) in [6.45, 7) is 9.57. The number of nitrogens with zero attached hydrogens (tertiary/aromatic N) is 1. The lowest BCUT2D eigenvalue weighted by Crippen LogP contribution is -2.38. The Balaban J connectivity index is 1.36. The van der Waals surface area contributed by atoms with Crippen molar-refractivity contribution >= 4 is 95.0 Å². The predicted octanol–water partition coefficient (Wildman–Crippen LogP) is 11.8. The van der Waals surface area contributed by atoms with E-state index in [2.05, 4.69) is 159 Å². The van der Waals surface area contributed by atoms with E-state index >= 15 is 0 Å². The summed E-state index contributed by atoms with van der Waals surface area (Å²) in [4.78, 5) is 2.50. The van der Waals surface area contributed by atoms with Gasteiger partial charge in [-0.05, 0) is 114 Å². The number of rotatable bonds is 4. The van der Waals surface area contributed by atoms with Crippen molar-refractivity contribution in [2.75, 3.05) is 4.90 Å². The minimum Gasteiger partial charge on any atom is -0.310 e. The molecule has 0 saturated heterocycles. The number of anilines is 3. The van der Waals surface area contributed by atoms with E-state index in [-0.39, 0.29) is 0 Å². The maximum Gasteiger partial charge on any atom is 0.0777 e. The van der Waals surface area contributed by atoms with Gasteiger partial charge in [-0.1, -0.05) is 116 Å². The van der Waals surface area contributed by atoms with Gasteiger partial charge in [0.1, 0.15) is 0 Å². The van der Waals surface area contributed by atoms with Crippen molar-refractivity contribution in [1.29, 1.82) is 0 Å². The first kappa shape index (κ1) is 25.6. The standard InChI is InChI=1S/C42H33NSi/c1-26-19-35(25-38(20-26)44(2,3)4)43(36-21-31-15-11-27-7-5-8-28-12-16-32(22-36)41(31)39(27)28)37-23-33-17-13-29-9-6-10-30-14-18-34(24-37)42(33)40(29)30/h5-25H,1-4H3. The van der Waals surface area contributed by atoms with Crippen LogP contribution in [0.2, 0.25) is 19.6 Å². The van der Waals surface area contributed by atoms with Gasteiger partial charge in [0.05, 0.1) is 8.07 Å². The Morgan fingerprint density at radius 2 is 0.727 bits per heavy atom. The highest BCUT2D eigenvalue weighted by Crippen LogP contribution is 2.44. The molecule has 0 bridgehead atoms. The molecule has 9 aromatic carbocycles. The molecule has 0 fully saturated rings. The molecule has 1 nitrogen and oxygen atoms in total. The van der Waals surface area contributed by atoms with E-state index in [1.807, 2.05) is 0 Å². The Bertz CT molecular complexity index is 2280. The van der Waals surface area contributed by atoms with E-state index in [0.29, 0.717) is 0 Å².